The molecule has 0 radical (unpaired) electrons. The third-order valence-electron chi connectivity index (χ3n) is 3.08. The van der Waals surface area contributed by atoms with Gasteiger partial charge in [-0.1, -0.05) is 26.7 Å². The minimum atomic E-state index is -0.115. The maximum Gasteiger partial charge on any atom is 0.306 e. The first-order chi connectivity index (χ1) is 8.77. The SMILES string of the molecule is CCCCOC[C@@H](OCCCC)[C@@H]1CCC(=O)O1. The molecule has 1 aliphatic heterocycles. The summed E-state index contributed by atoms with van der Waals surface area (Å²) in [6, 6.07) is 0. The average Bonchev–Trinajstić information content (AvgIpc) is 2.79. The van der Waals surface area contributed by atoms with Crippen molar-refractivity contribution in [2.45, 2.75) is 64.6 Å². The van der Waals surface area contributed by atoms with Gasteiger partial charge in [0.2, 0.25) is 0 Å². The summed E-state index contributed by atoms with van der Waals surface area (Å²) >= 11 is 0. The average molecular weight is 258 g/mol. The Hall–Kier alpha value is -0.610. The molecule has 0 unspecified atom stereocenters. The molecule has 1 saturated heterocycles. The smallest absolute Gasteiger partial charge is 0.306 e. The minimum absolute atomic E-state index is 0.0974. The van der Waals surface area contributed by atoms with E-state index < -0.39 is 0 Å². The summed E-state index contributed by atoms with van der Waals surface area (Å²) in [6.45, 7) is 6.27. The Kier molecular flexibility index (Phi) is 8.01. The molecule has 1 rings (SSSR count). The molecule has 1 aliphatic rings. The van der Waals surface area contributed by atoms with Crippen molar-refractivity contribution in [3.05, 3.63) is 0 Å². The fourth-order valence-corrected chi connectivity index (χ4v) is 1.90. The zero-order valence-corrected chi connectivity index (χ0v) is 11.7. The number of ether oxygens (including phenoxy) is 3. The molecule has 0 spiro atoms. The molecule has 0 saturated carbocycles. The zero-order valence-electron chi connectivity index (χ0n) is 11.7. The van der Waals surface area contributed by atoms with Crippen LogP contribution in [0.2, 0.25) is 0 Å². The molecule has 18 heavy (non-hydrogen) atoms. The quantitative estimate of drug-likeness (QED) is 0.446. The molecular weight excluding hydrogens is 232 g/mol. The van der Waals surface area contributed by atoms with Gasteiger partial charge in [-0.05, 0) is 19.3 Å². The Labute approximate surface area is 110 Å². The van der Waals surface area contributed by atoms with Crippen LogP contribution >= 0.6 is 0 Å². The number of carbonyl (C=O) groups is 1. The summed E-state index contributed by atoms with van der Waals surface area (Å²) in [6.07, 6.45) is 5.38. The van der Waals surface area contributed by atoms with Gasteiger partial charge in [0.1, 0.15) is 12.2 Å². The lowest BCUT2D eigenvalue weighted by Gasteiger charge is -2.22. The van der Waals surface area contributed by atoms with Crippen LogP contribution in [0, 0.1) is 0 Å². The van der Waals surface area contributed by atoms with Gasteiger partial charge in [0.25, 0.3) is 0 Å². The van der Waals surface area contributed by atoms with Crippen LogP contribution in [0.15, 0.2) is 0 Å². The third kappa shape index (κ3) is 5.83. The Morgan fingerprint density at radius 1 is 1.28 bits per heavy atom. The van der Waals surface area contributed by atoms with Gasteiger partial charge < -0.3 is 14.2 Å². The van der Waals surface area contributed by atoms with E-state index in [0.29, 0.717) is 19.6 Å². The molecule has 0 amide bonds. The van der Waals surface area contributed by atoms with Gasteiger partial charge in [0.05, 0.1) is 6.61 Å². The molecule has 2 atom stereocenters. The van der Waals surface area contributed by atoms with E-state index in [-0.39, 0.29) is 18.2 Å². The standard InChI is InChI=1S/C14H26O4/c1-3-5-9-16-11-13(17-10-6-4-2)12-7-8-14(15)18-12/h12-13H,3-11H2,1-2H3/t12-,13+/m0/s1. The second-order valence-corrected chi connectivity index (χ2v) is 4.76. The van der Waals surface area contributed by atoms with E-state index in [1.54, 1.807) is 0 Å². The van der Waals surface area contributed by atoms with Crippen LogP contribution in [-0.2, 0) is 19.0 Å². The van der Waals surface area contributed by atoms with Crippen LogP contribution in [0.1, 0.15) is 52.4 Å². The Balaban J connectivity index is 2.29. The minimum Gasteiger partial charge on any atom is -0.459 e. The van der Waals surface area contributed by atoms with E-state index in [4.69, 9.17) is 14.2 Å². The van der Waals surface area contributed by atoms with Crippen molar-refractivity contribution >= 4 is 5.97 Å². The summed E-state index contributed by atoms with van der Waals surface area (Å²) < 4.78 is 16.7. The molecule has 0 bridgehead atoms. The van der Waals surface area contributed by atoms with Gasteiger partial charge in [-0.15, -0.1) is 0 Å². The molecule has 1 fully saturated rings. The van der Waals surface area contributed by atoms with Crippen molar-refractivity contribution in [1.82, 2.24) is 0 Å². The van der Waals surface area contributed by atoms with Crippen LogP contribution in [0.3, 0.4) is 0 Å². The second kappa shape index (κ2) is 9.34. The molecule has 106 valence electrons. The largest absolute Gasteiger partial charge is 0.459 e. The summed E-state index contributed by atoms with van der Waals surface area (Å²) in [5.74, 6) is -0.113. The Morgan fingerprint density at radius 2 is 2.00 bits per heavy atom. The first kappa shape index (κ1) is 15.4. The van der Waals surface area contributed by atoms with Gasteiger partial charge in [0, 0.05) is 19.6 Å². The highest BCUT2D eigenvalue weighted by molar-refractivity contribution is 5.71. The number of rotatable bonds is 10. The lowest BCUT2D eigenvalue weighted by Crippen LogP contribution is -2.34. The van der Waals surface area contributed by atoms with Gasteiger partial charge >= 0.3 is 5.97 Å². The van der Waals surface area contributed by atoms with Gasteiger partial charge in [0.15, 0.2) is 0 Å². The predicted molar refractivity (Wildman–Crippen MR) is 69.5 cm³/mol. The fraction of sp³-hybridized carbons (Fsp3) is 0.929. The summed E-state index contributed by atoms with van der Waals surface area (Å²) in [4.78, 5) is 11.1. The van der Waals surface area contributed by atoms with Gasteiger partial charge in [-0.25, -0.2) is 0 Å². The summed E-state index contributed by atoms with van der Waals surface area (Å²) in [5.41, 5.74) is 0. The Morgan fingerprint density at radius 3 is 2.61 bits per heavy atom. The van der Waals surface area contributed by atoms with Gasteiger partial charge in [-0.2, -0.15) is 0 Å². The number of unbranched alkanes of at least 4 members (excludes halogenated alkanes) is 2. The van der Waals surface area contributed by atoms with E-state index in [9.17, 15) is 4.79 Å². The monoisotopic (exact) mass is 258 g/mol. The maximum atomic E-state index is 11.1. The molecule has 0 aromatic heterocycles. The van der Waals surface area contributed by atoms with Crippen LogP contribution in [-0.4, -0.2) is 38.0 Å². The number of hydrogen-bond acceptors (Lipinski definition) is 4. The van der Waals surface area contributed by atoms with E-state index >= 15 is 0 Å². The molecule has 1 heterocycles. The lowest BCUT2D eigenvalue weighted by atomic mass is 10.1. The first-order valence-electron chi connectivity index (χ1n) is 7.16. The Bertz CT molecular complexity index is 230. The van der Waals surface area contributed by atoms with E-state index in [0.717, 1.165) is 38.7 Å². The lowest BCUT2D eigenvalue weighted by molar-refractivity contribution is -0.150. The topological polar surface area (TPSA) is 44.8 Å². The zero-order chi connectivity index (χ0) is 13.2. The second-order valence-electron chi connectivity index (χ2n) is 4.76. The van der Waals surface area contributed by atoms with Crippen LogP contribution < -0.4 is 0 Å². The van der Waals surface area contributed by atoms with E-state index in [1.165, 1.54) is 0 Å². The van der Waals surface area contributed by atoms with Crippen molar-refractivity contribution in [3.8, 4) is 0 Å². The van der Waals surface area contributed by atoms with Crippen molar-refractivity contribution < 1.29 is 19.0 Å². The number of esters is 1. The molecular formula is C14H26O4. The fourth-order valence-electron chi connectivity index (χ4n) is 1.90. The van der Waals surface area contributed by atoms with Crippen LogP contribution in [0.4, 0.5) is 0 Å². The number of cyclic esters (lactones) is 1. The van der Waals surface area contributed by atoms with Gasteiger partial charge in [-0.3, -0.25) is 4.79 Å². The summed E-state index contributed by atoms with van der Waals surface area (Å²) in [7, 11) is 0. The van der Waals surface area contributed by atoms with E-state index in [2.05, 4.69) is 13.8 Å². The molecule has 0 aliphatic carbocycles. The van der Waals surface area contributed by atoms with Crippen molar-refractivity contribution in [3.63, 3.8) is 0 Å². The van der Waals surface area contributed by atoms with Crippen LogP contribution in [0.5, 0.6) is 0 Å². The number of carbonyl (C=O) groups excluding carboxylic acids is 1. The first-order valence-corrected chi connectivity index (χ1v) is 7.16. The maximum absolute atomic E-state index is 11.1. The van der Waals surface area contributed by atoms with Crippen molar-refractivity contribution in [2.24, 2.45) is 0 Å². The predicted octanol–water partition coefficient (Wildman–Crippen LogP) is 2.69. The van der Waals surface area contributed by atoms with Crippen LogP contribution in [0.25, 0.3) is 0 Å². The highest BCUT2D eigenvalue weighted by Gasteiger charge is 2.31. The molecule has 0 aromatic carbocycles. The molecule has 4 nitrogen and oxygen atoms in total. The van der Waals surface area contributed by atoms with Crippen molar-refractivity contribution in [1.29, 1.82) is 0 Å². The molecule has 0 aromatic rings. The van der Waals surface area contributed by atoms with Crippen molar-refractivity contribution in [2.75, 3.05) is 19.8 Å². The molecule has 0 N–H and O–H groups in total. The number of hydrogen-bond donors (Lipinski definition) is 0. The highest BCUT2D eigenvalue weighted by atomic mass is 16.6. The highest BCUT2D eigenvalue weighted by Crippen LogP contribution is 2.20. The third-order valence-corrected chi connectivity index (χ3v) is 3.08. The normalized spacial score (nSPS) is 21.0. The molecule has 4 heteroatoms. The summed E-state index contributed by atoms with van der Waals surface area (Å²) in [5, 5.41) is 0. The van der Waals surface area contributed by atoms with E-state index in [1.807, 2.05) is 0 Å².